The minimum absolute atomic E-state index is 0.0152. The second-order valence-corrected chi connectivity index (χ2v) is 5.97. The van der Waals surface area contributed by atoms with Crippen LogP contribution in [0.25, 0.3) is 0 Å². The Hall–Kier alpha value is -0.750. The van der Waals surface area contributed by atoms with Crippen molar-refractivity contribution < 1.29 is 12.8 Å². The Labute approximate surface area is 92.4 Å². The Balaban J connectivity index is 3.29. The number of hydrogen-bond donors (Lipinski definition) is 0. The van der Waals surface area contributed by atoms with Gasteiger partial charge in [-0.15, -0.1) is 0 Å². The first-order valence-electron chi connectivity index (χ1n) is 4.12. The Morgan fingerprint density at radius 2 is 1.93 bits per heavy atom. The summed E-state index contributed by atoms with van der Waals surface area (Å²) in [5.74, 6) is -0.706. The van der Waals surface area contributed by atoms with Crippen molar-refractivity contribution in [2.45, 2.75) is 19.1 Å². The summed E-state index contributed by atoms with van der Waals surface area (Å²) >= 11 is 5.49. The lowest BCUT2D eigenvalue weighted by atomic mass is 10.4. The van der Waals surface area contributed by atoms with Crippen LogP contribution < -0.4 is 0 Å². The molecule has 7 heteroatoms. The van der Waals surface area contributed by atoms with E-state index < -0.39 is 20.9 Å². The average molecular weight is 253 g/mol. The fraction of sp³-hybridized carbons (Fsp3) is 0.500. The molecule has 0 aliphatic heterocycles. The highest BCUT2D eigenvalue weighted by Gasteiger charge is 2.22. The third-order valence-corrected chi connectivity index (χ3v) is 3.75. The third-order valence-electron chi connectivity index (χ3n) is 2.00. The zero-order chi connectivity index (χ0) is 11.8. The SMILES string of the molecule is Cc1nc(C(C)S(C)(=O)=O)nc(Cl)c1F. The third kappa shape index (κ3) is 2.63. The van der Waals surface area contributed by atoms with Gasteiger partial charge in [-0.3, -0.25) is 0 Å². The highest BCUT2D eigenvalue weighted by atomic mass is 35.5. The van der Waals surface area contributed by atoms with E-state index in [0.29, 0.717) is 0 Å². The van der Waals surface area contributed by atoms with Crippen molar-refractivity contribution >= 4 is 21.4 Å². The van der Waals surface area contributed by atoms with Gasteiger partial charge in [0, 0.05) is 6.26 Å². The molecule has 1 aromatic heterocycles. The second kappa shape index (κ2) is 4.02. The van der Waals surface area contributed by atoms with E-state index in [1.165, 1.54) is 13.8 Å². The summed E-state index contributed by atoms with van der Waals surface area (Å²) in [7, 11) is -3.31. The van der Waals surface area contributed by atoms with E-state index >= 15 is 0 Å². The van der Waals surface area contributed by atoms with Crippen molar-refractivity contribution in [2.75, 3.05) is 6.26 Å². The molecule has 15 heavy (non-hydrogen) atoms. The number of halogens is 2. The molecule has 0 amide bonds. The zero-order valence-electron chi connectivity index (χ0n) is 8.45. The molecule has 0 fully saturated rings. The number of sulfone groups is 1. The minimum atomic E-state index is -3.31. The fourth-order valence-corrected chi connectivity index (χ4v) is 1.63. The monoisotopic (exact) mass is 252 g/mol. The number of rotatable bonds is 2. The van der Waals surface area contributed by atoms with Gasteiger partial charge in [0.05, 0.1) is 5.69 Å². The molecule has 0 aliphatic carbocycles. The number of aromatic nitrogens is 2. The Kier molecular flexibility index (Phi) is 3.30. The maximum Gasteiger partial charge on any atom is 0.181 e. The van der Waals surface area contributed by atoms with Crippen LogP contribution in [-0.2, 0) is 9.84 Å². The first kappa shape index (κ1) is 12.3. The van der Waals surface area contributed by atoms with Crippen molar-refractivity contribution in [3.63, 3.8) is 0 Å². The van der Waals surface area contributed by atoms with E-state index in [4.69, 9.17) is 11.6 Å². The van der Waals surface area contributed by atoms with E-state index in [9.17, 15) is 12.8 Å². The van der Waals surface area contributed by atoms with E-state index in [1.807, 2.05) is 0 Å². The number of nitrogens with zero attached hydrogens (tertiary/aromatic N) is 2. The Morgan fingerprint density at radius 1 is 1.40 bits per heavy atom. The van der Waals surface area contributed by atoms with Crippen LogP contribution in [-0.4, -0.2) is 24.6 Å². The first-order valence-corrected chi connectivity index (χ1v) is 6.45. The largest absolute Gasteiger partial charge is 0.234 e. The van der Waals surface area contributed by atoms with Gasteiger partial charge in [-0.1, -0.05) is 11.6 Å². The molecule has 4 nitrogen and oxygen atoms in total. The zero-order valence-corrected chi connectivity index (χ0v) is 10.0. The predicted octanol–water partition coefficient (Wildman–Crippen LogP) is 1.68. The Bertz CT molecular complexity index is 466. The molecule has 1 aromatic rings. The number of aryl methyl sites for hydroxylation is 1. The molecule has 0 aromatic carbocycles. The summed E-state index contributed by atoms with van der Waals surface area (Å²) < 4.78 is 35.5. The van der Waals surface area contributed by atoms with Gasteiger partial charge >= 0.3 is 0 Å². The molecule has 84 valence electrons. The molecule has 0 bridgehead atoms. The highest BCUT2D eigenvalue weighted by Crippen LogP contribution is 2.21. The molecule has 0 saturated heterocycles. The summed E-state index contributed by atoms with van der Waals surface area (Å²) in [6.07, 6.45) is 1.06. The molecule has 0 radical (unpaired) electrons. The summed E-state index contributed by atoms with van der Waals surface area (Å²) in [5, 5.41) is -1.25. The molecule has 0 N–H and O–H groups in total. The van der Waals surface area contributed by atoms with Crippen LogP contribution in [0.4, 0.5) is 4.39 Å². The van der Waals surface area contributed by atoms with Gasteiger partial charge in [-0.05, 0) is 13.8 Å². The van der Waals surface area contributed by atoms with Crippen LogP contribution in [0.1, 0.15) is 23.7 Å². The van der Waals surface area contributed by atoms with Crippen molar-refractivity contribution in [1.29, 1.82) is 0 Å². The second-order valence-electron chi connectivity index (χ2n) is 3.24. The van der Waals surface area contributed by atoms with Crippen molar-refractivity contribution in [1.82, 2.24) is 9.97 Å². The van der Waals surface area contributed by atoms with Gasteiger partial charge < -0.3 is 0 Å². The van der Waals surface area contributed by atoms with Crippen LogP contribution in [0.3, 0.4) is 0 Å². The van der Waals surface area contributed by atoms with Crippen LogP contribution in [0.15, 0.2) is 0 Å². The van der Waals surface area contributed by atoms with Gasteiger partial charge in [0.1, 0.15) is 11.1 Å². The van der Waals surface area contributed by atoms with Crippen LogP contribution in [0.5, 0.6) is 0 Å². The molecule has 1 heterocycles. The normalized spacial score (nSPS) is 13.9. The standard InChI is InChI=1S/C8H10ClFN2O2S/c1-4-6(10)7(9)12-8(11-4)5(2)15(3,13)14/h5H,1-3H3. The van der Waals surface area contributed by atoms with E-state index in [0.717, 1.165) is 6.26 Å². The van der Waals surface area contributed by atoms with Gasteiger partial charge in [-0.2, -0.15) is 0 Å². The smallest absolute Gasteiger partial charge is 0.181 e. The van der Waals surface area contributed by atoms with Crippen molar-refractivity contribution in [2.24, 2.45) is 0 Å². The quantitative estimate of drug-likeness (QED) is 0.752. The molecular formula is C8H10ClFN2O2S. The average Bonchev–Trinajstić information content (AvgIpc) is 2.10. The van der Waals surface area contributed by atoms with E-state index in [2.05, 4.69) is 9.97 Å². The van der Waals surface area contributed by atoms with Crippen molar-refractivity contribution in [3.8, 4) is 0 Å². The summed E-state index contributed by atoms with van der Waals surface area (Å²) in [4.78, 5) is 7.35. The maximum absolute atomic E-state index is 13.1. The molecule has 0 spiro atoms. The molecule has 0 saturated carbocycles. The molecule has 1 rings (SSSR count). The molecule has 1 atom stereocenters. The lowest BCUT2D eigenvalue weighted by Gasteiger charge is -2.09. The summed E-state index contributed by atoms with van der Waals surface area (Å²) in [6, 6.07) is 0. The predicted molar refractivity (Wildman–Crippen MR) is 55.0 cm³/mol. The molecular weight excluding hydrogens is 243 g/mol. The Morgan fingerprint density at radius 3 is 2.33 bits per heavy atom. The molecule has 0 aliphatic rings. The lowest BCUT2D eigenvalue weighted by Crippen LogP contribution is -2.13. The minimum Gasteiger partial charge on any atom is -0.234 e. The van der Waals surface area contributed by atoms with E-state index in [-0.39, 0.29) is 16.7 Å². The molecule has 1 unspecified atom stereocenters. The van der Waals surface area contributed by atoms with E-state index in [1.54, 1.807) is 0 Å². The summed E-state index contributed by atoms with van der Waals surface area (Å²) in [6.45, 7) is 2.83. The van der Waals surface area contributed by atoms with Gasteiger partial charge in [0.2, 0.25) is 0 Å². The fourth-order valence-electron chi connectivity index (χ4n) is 0.918. The van der Waals surface area contributed by atoms with Gasteiger partial charge in [0.15, 0.2) is 20.8 Å². The topological polar surface area (TPSA) is 59.9 Å². The first-order chi connectivity index (χ1) is 6.73. The van der Waals surface area contributed by atoms with Crippen LogP contribution in [0, 0.1) is 12.7 Å². The van der Waals surface area contributed by atoms with Crippen LogP contribution >= 0.6 is 11.6 Å². The van der Waals surface area contributed by atoms with Gasteiger partial charge in [0.25, 0.3) is 0 Å². The summed E-state index contributed by atoms with van der Waals surface area (Å²) in [5.41, 5.74) is 0.0421. The number of hydrogen-bond acceptors (Lipinski definition) is 4. The highest BCUT2D eigenvalue weighted by molar-refractivity contribution is 7.90. The lowest BCUT2D eigenvalue weighted by molar-refractivity contribution is 0.579. The van der Waals surface area contributed by atoms with Crippen LogP contribution in [0.2, 0.25) is 5.15 Å². The van der Waals surface area contributed by atoms with Crippen molar-refractivity contribution in [3.05, 3.63) is 22.5 Å². The van der Waals surface area contributed by atoms with Gasteiger partial charge in [-0.25, -0.2) is 22.8 Å². The maximum atomic E-state index is 13.1.